The Bertz CT molecular complexity index is 575. The zero-order valence-corrected chi connectivity index (χ0v) is 13.2. The first-order valence-corrected chi connectivity index (χ1v) is 7.42. The van der Waals surface area contributed by atoms with E-state index in [4.69, 9.17) is 0 Å². The summed E-state index contributed by atoms with van der Waals surface area (Å²) in [4.78, 5) is 13.1. The van der Waals surface area contributed by atoms with Gasteiger partial charge in [-0.2, -0.15) is 0 Å². The predicted molar refractivity (Wildman–Crippen MR) is 85.7 cm³/mol. The second-order valence-electron chi connectivity index (χ2n) is 5.30. The Kier molecular flexibility index (Phi) is 5.14. The van der Waals surface area contributed by atoms with Gasteiger partial charge in [0.15, 0.2) is 0 Å². The van der Waals surface area contributed by atoms with Gasteiger partial charge in [0.2, 0.25) is 0 Å². The van der Waals surface area contributed by atoms with Gasteiger partial charge in [0, 0.05) is 44.5 Å². The van der Waals surface area contributed by atoms with Crippen LogP contribution >= 0.6 is 0 Å². The minimum Gasteiger partial charge on any atom is -0.370 e. The Morgan fingerprint density at radius 3 is 2.43 bits per heavy atom. The van der Waals surface area contributed by atoms with Crippen molar-refractivity contribution in [2.75, 3.05) is 23.7 Å². The first-order valence-electron chi connectivity index (χ1n) is 7.42. The van der Waals surface area contributed by atoms with E-state index in [1.165, 1.54) is 0 Å². The number of hydrogen-bond donors (Lipinski definition) is 2. The van der Waals surface area contributed by atoms with Crippen LogP contribution < -0.4 is 10.6 Å². The third-order valence-corrected chi connectivity index (χ3v) is 3.37. The summed E-state index contributed by atoms with van der Waals surface area (Å²) in [6, 6.07) is 0. The molecule has 6 heteroatoms. The van der Waals surface area contributed by atoms with Crippen molar-refractivity contribution >= 4 is 11.6 Å². The smallest absolute Gasteiger partial charge is 0.135 e. The molecule has 0 radical (unpaired) electrons. The van der Waals surface area contributed by atoms with Gasteiger partial charge in [-0.05, 0) is 12.8 Å². The summed E-state index contributed by atoms with van der Waals surface area (Å²) in [6.07, 6.45) is 6.25. The highest BCUT2D eigenvalue weighted by molar-refractivity contribution is 5.58. The molecular weight excluding hydrogens is 264 g/mol. The summed E-state index contributed by atoms with van der Waals surface area (Å²) in [5.74, 6) is 3.25. The molecule has 2 heterocycles. The molecule has 2 rings (SSSR count). The summed E-state index contributed by atoms with van der Waals surface area (Å²) in [5, 5.41) is 6.72. The molecule has 21 heavy (non-hydrogen) atoms. The molecule has 114 valence electrons. The van der Waals surface area contributed by atoms with Gasteiger partial charge in [0.05, 0.1) is 0 Å². The Morgan fingerprint density at radius 1 is 1.14 bits per heavy atom. The minimum absolute atomic E-state index is 0.357. The van der Waals surface area contributed by atoms with Crippen LogP contribution in [0.4, 0.5) is 11.6 Å². The first-order chi connectivity index (χ1) is 10.1. The standard InChI is InChI=1S/C15H24N6/c1-5-16-14-13(11(2)3)15(20-10-19-14)18-7-6-12-17-8-9-21(12)4/h8-11H,5-7H2,1-4H3,(H2,16,18,19,20). The topological polar surface area (TPSA) is 67.7 Å². The molecule has 0 aliphatic rings. The van der Waals surface area contributed by atoms with Crippen LogP contribution in [0.3, 0.4) is 0 Å². The van der Waals surface area contributed by atoms with Gasteiger partial charge in [0.1, 0.15) is 23.8 Å². The van der Waals surface area contributed by atoms with Gasteiger partial charge >= 0.3 is 0 Å². The van der Waals surface area contributed by atoms with Crippen molar-refractivity contribution in [3.05, 3.63) is 30.1 Å². The molecule has 0 amide bonds. The Morgan fingerprint density at radius 2 is 1.86 bits per heavy atom. The molecule has 0 fully saturated rings. The monoisotopic (exact) mass is 288 g/mol. The van der Waals surface area contributed by atoms with Gasteiger partial charge < -0.3 is 15.2 Å². The number of anilines is 2. The van der Waals surface area contributed by atoms with E-state index in [9.17, 15) is 0 Å². The number of nitrogens with one attached hydrogen (secondary N) is 2. The van der Waals surface area contributed by atoms with Crippen molar-refractivity contribution in [3.63, 3.8) is 0 Å². The van der Waals surface area contributed by atoms with E-state index < -0.39 is 0 Å². The molecule has 2 N–H and O–H groups in total. The normalized spacial score (nSPS) is 10.9. The zero-order chi connectivity index (χ0) is 15.2. The number of hydrogen-bond acceptors (Lipinski definition) is 5. The third kappa shape index (κ3) is 3.71. The van der Waals surface area contributed by atoms with Gasteiger partial charge in [0.25, 0.3) is 0 Å². The zero-order valence-electron chi connectivity index (χ0n) is 13.2. The Hall–Kier alpha value is -2.11. The fourth-order valence-corrected chi connectivity index (χ4v) is 2.32. The van der Waals surface area contributed by atoms with Crippen LogP contribution in [-0.4, -0.2) is 32.6 Å². The maximum Gasteiger partial charge on any atom is 0.135 e. The number of rotatable bonds is 7. The van der Waals surface area contributed by atoms with Gasteiger partial charge in [-0.1, -0.05) is 13.8 Å². The largest absolute Gasteiger partial charge is 0.370 e. The maximum atomic E-state index is 4.39. The van der Waals surface area contributed by atoms with Crippen LogP contribution in [0.1, 0.15) is 38.1 Å². The molecule has 2 aromatic rings. The SMILES string of the molecule is CCNc1ncnc(NCCc2nccn2C)c1C(C)C. The predicted octanol–water partition coefficient (Wildman–Crippen LogP) is 2.42. The van der Waals surface area contributed by atoms with Crippen molar-refractivity contribution < 1.29 is 0 Å². The van der Waals surface area contributed by atoms with Crippen molar-refractivity contribution in [2.45, 2.75) is 33.1 Å². The van der Waals surface area contributed by atoms with Gasteiger partial charge in [-0.3, -0.25) is 0 Å². The molecule has 0 aliphatic heterocycles. The second-order valence-corrected chi connectivity index (χ2v) is 5.30. The maximum absolute atomic E-state index is 4.39. The number of aromatic nitrogens is 4. The molecule has 0 aliphatic carbocycles. The van der Waals surface area contributed by atoms with E-state index in [2.05, 4.69) is 46.4 Å². The van der Waals surface area contributed by atoms with Crippen LogP contribution in [0.25, 0.3) is 0 Å². The summed E-state index contributed by atoms with van der Waals surface area (Å²) in [7, 11) is 2.01. The van der Waals surface area contributed by atoms with Gasteiger partial charge in [-0.15, -0.1) is 0 Å². The van der Waals surface area contributed by atoms with E-state index in [1.807, 2.05) is 24.0 Å². The van der Waals surface area contributed by atoms with Crippen molar-refractivity contribution in [1.82, 2.24) is 19.5 Å². The van der Waals surface area contributed by atoms with E-state index in [1.54, 1.807) is 6.33 Å². The summed E-state index contributed by atoms with van der Waals surface area (Å²) >= 11 is 0. The lowest BCUT2D eigenvalue weighted by molar-refractivity contribution is 0.784. The highest BCUT2D eigenvalue weighted by atomic mass is 15.1. The van der Waals surface area contributed by atoms with Crippen LogP contribution in [0.2, 0.25) is 0 Å². The molecular formula is C15H24N6. The fraction of sp³-hybridized carbons (Fsp3) is 0.533. The lowest BCUT2D eigenvalue weighted by atomic mass is 10.0. The van der Waals surface area contributed by atoms with Gasteiger partial charge in [-0.25, -0.2) is 15.0 Å². The highest BCUT2D eigenvalue weighted by Crippen LogP contribution is 2.28. The lowest BCUT2D eigenvalue weighted by Crippen LogP contribution is -2.14. The van der Waals surface area contributed by atoms with Crippen LogP contribution in [0, 0.1) is 0 Å². The van der Waals surface area contributed by atoms with Crippen LogP contribution in [0.5, 0.6) is 0 Å². The average molecular weight is 288 g/mol. The lowest BCUT2D eigenvalue weighted by Gasteiger charge is -2.17. The molecule has 0 bridgehead atoms. The number of nitrogens with zero attached hydrogens (tertiary/aromatic N) is 4. The molecule has 2 aromatic heterocycles. The quantitative estimate of drug-likeness (QED) is 0.819. The first kappa shape index (κ1) is 15.3. The minimum atomic E-state index is 0.357. The van der Waals surface area contributed by atoms with E-state index in [0.717, 1.165) is 42.5 Å². The number of imidazole rings is 1. The molecule has 0 spiro atoms. The van der Waals surface area contributed by atoms with E-state index >= 15 is 0 Å². The number of aryl methyl sites for hydroxylation is 1. The molecule has 0 saturated carbocycles. The van der Waals surface area contributed by atoms with Crippen molar-refractivity contribution in [2.24, 2.45) is 7.05 Å². The molecule has 6 nitrogen and oxygen atoms in total. The Balaban J connectivity index is 2.08. The summed E-state index contributed by atoms with van der Waals surface area (Å²) < 4.78 is 2.04. The van der Waals surface area contributed by atoms with E-state index in [-0.39, 0.29) is 0 Å². The molecule has 0 atom stereocenters. The second kappa shape index (κ2) is 7.06. The van der Waals surface area contributed by atoms with Crippen molar-refractivity contribution in [1.29, 1.82) is 0 Å². The molecule has 0 saturated heterocycles. The summed E-state index contributed by atoms with van der Waals surface area (Å²) in [5.41, 5.74) is 1.14. The van der Waals surface area contributed by atoms with Crippen LogP contribution in [0.15, 0.2) is 18.7 Å². The van der Waals surface area contributed by atoms with E-state index in [0.29, 0.717) is 5.92 Å². The molecule has 0 unspecified atom stereocenters. The third-order valence-electron chi connectivity index (χ3n) is 3.37. The fourth-order valence-electron chi connectivity index (χ4n) is 2.32. The average Bonchev–Trinajstić information content (AvgIpc) is 2.85. The molecule has 0 aromatic carbocycles. The Labute approximate surface area is 126 Å². The van der Waals surface area contributed by atoms with Crippen LogP contribution in [-0.2, 0) is 13.5 Å². The highest BCUT2D eigenvalue weighted by Gasteiger charge is 2.14. The summed E-state index contributed by atoms with van der Waals surface area (Å²) in [6.45, 7) is 8.03. The van der Waals surface area contributed by atoms with Crippen molar-refractivity contribution in [3.8, 4) is 0 Å².